The largest absolute Gasteiger partial charge is 0.477 e. The van der Waals surface area contributed by atoms with E-state index in [0.717, 1.165) is 30.6 Å². The number of thiophene rings is 1. The van der Waals surface area contributed by atoms with Gasteiger partial charge < -0.3 is 15.1 Å². The number of amides is 1. The molecule has 2 heterocycles. The molecule has 1 aromatic rings. The lowest BCUT2D eigenvalue weighted by Gasteiger charge is -2.23. The van der Waals surface area contributed by atoms with Crippen molar-refractivity contribution in [3.8, 4) is 11.8 Å². The van der Waals surface area contributed by atoms with E-state index in [1.165, 1.54) is 11.3 Å². The molecule has 0 unspecified atom stereocenters. The standard InChI is InChI=1S/C22H29NO4S/c1-3-4-5-7-16(2)19(24)12-9-17-10-14-21(25)23(17)15-6-8-18-11-13-20(28-18)22(26)27/h9,11-13,16-17,19,24H,3,6-8,10,14-15H2,1-2H3,(H,26,27)/b12-9+/t16-,17-,19+/m0/s1. The van der Waals surface area contributed by atoms with Gasteiger partial charge in [0.1, 0.15) is 4.88 Å². The van der Waals surface area contributed by atoms with Gasteiger partial charge in [0.2, 0.25) is 5.91 Å². The third-order valence-electron chi connectivity index (χ3n) is 4.91. The minimum Gasteiger partial charge on any atom is -0.477 e. The minimum absolute atomic E-state index is 0.0222. The molecule has 1 aliphatic rings. The minimum atomic E-state index is -0.898. The Bertz CT molecular complexity index is 758. The maximum absolute atomic E-state index is 12.2. The Hall–Kier alpha value is -2.10. The summed E-state index contributed by atoms with van der Waals surface area (Å²) in [5, 5.41) is 19.3. The van der Waals surface area contributed by atoms with Gasteiger partial charge in [0, 0.05) is 30.7 Å². The summed E-state index contributed by atoms with van der Waals surface area (Å²) in [6.07, 6.45) is 7.52. The number of aliphatic hydroxyl groups is 1. The number of carbonyl (C=O) groups excluding carboxylic acids is 1. The van der Waals surface area contributed by atoms with Gasteiger partial charge in [-0.1, -0.05) is 26.0 Å². The van der Waals surface area contributed by atoms with Crippen molar-refractivity contribution in [1.82, 2.24) is 4.90 Å². The van der Waals surface area contributed by atoms with E-state index in [2.05, 4.69) is 11.8 Å². The summed E-state index contributed by atoms with van der Waals surface area (Å²) in [6, 6.07) is 3.49. The summed E-state index contributed by atoms with van der Waals surface area (Å²) in [5.74, 6) is 5.39. The molecular weight excluding hydrogens is 374 g/mol. The highest BCUT2D eigenvalue weighted by Gasteiger charge is 2.28. The van der Waals surface area contributed by atoms with Gasteiger partial charge in [-0.2, -0.15) is 0 Å². The van der Waals surface area contributed by atoms with Gasteiger partial charge in [0.25, 0.3) is 0 Å². The van der Waals surface area contributed by atoms with Crippen LogP contribution in [0.15, 0.2) is 24.3 Å². The molecule has 0 bridgehead atoms. The Balaban J connectivity index is 1.85. The summed E-state index contributed by atoms with van der Waals surface area (Å²) in [6.45, 7) is 4.62. The van der Waals surface area contributed by atoms with E-state index in [1.54, 1.807) is 12.1 Å². The molecule has 6 heteroatoms. The second-order valence-electron chi connectivity index (χ2n) is 7.13. The molecule has 2 N–H and O–H groups in total. The predicted molar refractivity (Wildman–Crippen MR) is 111 cm³/mol. The van der Waals surface area contributed by atoms with E-state index in [4.69, 9.17) is 5.11 Å². The highest BCUT2D eigenvalue weighted by molar-refractivity contribution is 7.13. The van der Waals surface area contributed by atoms with Crippen LogP contribution in [0, 0.1) is 17.8 Å². The Morgan fingerprint density at radius 2 is 2.21 bits per heavy atom. The molecule has 3 atom stereocenters. The van der Waals surface area contributed by atoms with E-state index in [9.17, 15) is 14.7 Å². The van der Waals surface area contributed by atoms with E-state index < -0.39 is 12.1 Å². The molecule has 2 rings (SSSR count). The van der Waals surface area contributed by atoms with Gasteiger partial charge in [-0.3, -0.25) is 4.79 Å². The number of carbonyl (C=O) groups is 2. The Kier molecular flexibility index (Phi) is 8.75. The fourth-order valence-electron chi connectivity index (χ4n) is 3.21. The number of rotatable bonds is 9. The number of hydrogen-bond acceptors (Lipinski definition) is 4. The third-order valence-corrected chi connectivity index (χ3v) is 6.04. The topological polar surface area (TPSA) is 77.8 Å². The fourth-order valence-corrected chi connectivity index (χ4v) is 4.10. The molecule has 5 nitrogen and oxygen atoms in total. The number of carboxylic acid groups (broad SMARTS) is 1. The van der Waals surface area contributed by atoms with E-state index in [-0.39, 0.29) is 17.9 Å². The number of carboxylic acids is 1. The number of hydrogen-bond donors (Lipinski definition) is 2. The van der Waals surface area contributed by atoms with Crippen molar-refractivity contribution in [3.05, 3.63) is 34.0 Å². The molecular formula is C22H29NO4S. The predicted octanol–water partition coefficient (Wildman–Crippen LogP) is 3.73. The summed E-state index contributed by atoms with van der Waals surface area (Å²) in [4.78, 5) is 26.4. The maximum atomic E-state index is 12.2. The zero-order chi connectivity index (χ0) is 20.5. The van der Waals surface area contributed by atoms with Gasteiger partial charge in [0.05, 0.1) is 12.1 Å². The zero-order valence-electron chi connectivity index (χ0n) is 16.6. The van der Waals surface area contributed by atoms with Crippen LogP contribution in [-0.2, 0) is 11.2 Å². The van der Waals surface area contributed by atoms with Crippen LogP contribution in [0.25, 0.3) is 0 Å². The molecule has 1 saturated heterocycles. The second-order valence-corrected chi connectivity index (χ2v) is 8.30. The van der Waals surface area contributed by atoms with E-state index >= 15 is 0 Å². The average molecular weight is 404 g/mol. The van der Waals surface area contributed by atoms with Crippen LogP contribution < -0.4 is 0 Å². The molecule has 0 spiro atoms. The molecule has 1 amide bonds. The first-order valence-corrected chi connectivity index (χ1v) is 10.7. The van der Waals surface area contributed by atoms with Crippen LogP contribution >= 0.6 is 11.3 Å². The molecule has 1 aromatic heterocycles. The Morgan fingerprint density at radius 3 is 2.89 bits per heavy atom. The lowest BCUT2D eigenvalue weighted by atomic mass is 10.00. The lowest BCUT2D eigenvalue weighted by molar-refractivity contribution is -0.128. The quantitative estimate of drug-likeness (QED) is 0.486. The van der Waals surface area contributed by atoms with E-state index in [0.29, 0.717) is 24.3 Å². The maximum Gasteiger partial charge on any atom is 0.345 e. The highest BCUT2D eigenvalue weighted by Crippen LogP contribution is 2.23. The van der Waals surface area contributed by atoms with Crippen molar-refractivity contribution in [3.63, 3.8) is 0 Å². The van der Waals surface area contributed by atoms with Gasteiger partial charge in [-0.15, -0.1) is 23.2 Å². The number of nitrogens with zero attached hydrogens (tertiary/aromatic N) is 1. The SMILES string of the molecule is CCC#CC[C@H](C)[C@H](O)/C=C/[C@H]1CCC(=O)N1CCCc1ccc(C(=O)O)s1. The smallest absolute Gasteiger partial charge is 0.345 e. The van der Waals surface area contributed by atoms with Crippen LogP contribution in [0.2, 0.25) is 0 Å². The van der Waals surface area contributed by atoms with Crippen molar-refractivity contribution >= 4 is 23.2 Å². The molecule has 152 valence electrons. The number of likely N-dealkylation sites (tertiary alicyclic amines) is 1. The van der Waals surface area contributed by atoms with Crippen LogP contribution in [0.3, 0.4) is 0 Å². The monoisotopic (exact) mass is 403 g/mol. The summed E-state index contributed by atoms with van der Waals surface area (Å²) >= 11 is 1.29. The normalized spacial score (nSPS) is 18.9. The van der Waals surface area contributed by atoms with Crippen LogP contribution in [-0.4, -0.2) is 45.7 Å². The number of aromatic carboxylic acids is 1. The average Bonchev–Trinajstić information content (AvgIpc) is 3.27. The molecule has 1 fully saturated rings. The zero-order valence-corrected chi connectivity index (χ0v) is 17.4. The first kappa shape index (κ1) is 22.2. The van der Waals surface area contributed by atoms with Crippen LogP contribution in [0.5, 0.6) is 0 Å². The van der Waals surface area contributed by atoms with Crippen molar-refractivity contribution in [2.75, 3.05) is 6.54 Å². The first-order chi connectivity index (χ1) is 13.4. The Morgan fingerprint density at radius 1 is 1.43 bits per heavy atom. The van der Waals surface area contributed by atoms with Crippen molar-refractivity contribution in [2.45, 2.75) is 64.5 Å². The number of aliphatic hydroxyl groups excluding tert-OH is 1. The van der Waals surface area contributed by atoms with Crippen molar-refractivity contribution in [2.24, 2.45) is 5.92 Å². The van der Waals surface area contributed by atoms with Crippen LogP contribution in [0.4, 0.5) is 0 Å². The Labute approximate surface area is 171 Å². The third kappa shape index (κ3) is 6.50. The lowest BCUT2D eigenvalue weighted by Crippen LogP contribution is -2.33. The highest BCUT2D eigenvalue weighted by atomic mass is 32.1. The summed E-state index contributed by atoms with van der Waals surface area (Å²) < 4.78 is 0. The van der Waals surface area contributed by atoms with Gasteiger partial charge in [-0.25, -0.2) is 4.79 Å². The van der Waals surface area contributed by atoms with Gasteiger partial charge in [-0.05, 0) is 37.3 Å². The summed E-state index contributed by atoms with van der Waals surface area (Å²) in [5.41, 5.74) is 0. The van der Waals surface area contributed by atoms with Crippen molar-refractivity contribution < 1.29 is 19.8 Å². The van der Waals surface area contributed by atoms with E-state index in [1.807, 2.05) is 30.9 Å². The molecule has 1 aliphatic heterocycles. The molecule has 0 aromatic carbocycles. The first-order valence-electron chi connectivity index (χ1n) is 9.86. The fraction of sp³-hybridized carbons (Fsp3) is 0.545. The van der Waals surface area contributed by atoms with Gasteiger partial charge >= 0.3 is 5.97 Å². The molecule has 0 radical (unpaired) electrons. The second kappa shape index (κ2) is 11.0. The number of aryl methyl sites for hydroxylation is 1. The molecule has 0 saturated carbocycles. The van der Waals surface area contributed by atoms with Crippen LogP contribution in [0.1, 0.15) is 60.5 Å². The summed E-state index contributed by atoms with van der Waals surface area (Å²) in [7, 11) is 0. The van der Waals surface area contributed by atoms with Crippen molar-refractivity contribution in [1.29, 1.82) is 0 Å². The molecule has 28 heavy (non-hydrogen) atoms. The molecule has 0 aliphatic carbocycles. The van der Waals surface area contributed by atoms with Gasteiger partial charge in [0.15, 0.2) is 0 Å².